The van der Waals surface area contributed by atoms with Gasteiger partial charge in [0.05, 0.1) is 54.4 Å². The number of carbonyl (C=O) groups excluding carboxylic acids is 2. The molecule has 0 amide bonds. The van der Waals surface area contributed by atoms with Crippen molar-refractivity contribution < 1.29 is 72.7 Å². The van der Waals surface area contributed by atoms with Crippen LogP contribution in [0.15, 0.2) is 35.5 Å². The Morgan fingerprint density at radius 3 is 2.18 bits per heavy atom. The average Bonchev–Trinajstić information content (AvgIpc) is 3.24. The van der Waals surface area contributed by atoms with Gasteiger partial charge in [0.25, 0.3) is 0 Å². The molecule has 65 heavy (non-hydrogen) atoms. The first kappa shape index (κ1) is 54.6. The van der Waals surface area contributed by atoms with E-state index in [2.05, 4.69) is 5.16 Å². The fourth-order valence-electron chi connectivity index (χ4n) is 9.93. The fraction of sp³-hybridized carbons (Fsp3) is 0.812. The minimum absolute atomic E-state index is 0.0263. The predicted molar refractivity (Wildman–Crippen MR) is 241 cm³/mol. The summed E-state index contributed by atoms with van der Waals surface area (Å²) in [5.41, 5.74) is -4.48. The van der Waals surface area contributed by atoms with E-state index in [1.807, 2.05) is 63.2 Å². The highest BCUT2D eigenvalue weighted by atomic mass is 16.7. The van der Waals surface area contributed by atoms with E-state index in [0.717, 1.165) is 5.75 Å². The molecule has 18 atom stereocenters. The zero-order chi connectivity index (χ0) is 48.6. The Hall–Kier alpha value is -2.97. The van der Waals surface area contributed by atoms with Crippen LogP contribution in [0, 0.1) is 23.7 Å². The number of carbonyl (C=O) groups is 2. The highest BCUT2D eigenvalue weighted by Crippen LogP contribution is 2.41. The average molecular weight is 925 g/mol. The van der Waals surface area contributed by atoms with Crippen molar-refractivity contribution in [3.63, 3.8) is 0 Å². The summed E-state index contributed by atoms with van der Waals surface area (Å²) in [4.78, 5) is 34.4. The number of methoxy groups -OCH3 is 1. The van der Waals surface area contributed by atoms with Gasteiger partial charge in [-0.1, -0.05) is 51.0 Å². The molecular weight excluding hydrogens is 845 g/mol. The molecule has 3 aliphatic rings. The van der Waals surface area contributed by atoms with Gasteiger partial charge in [0.2, 0.25) is 0 Å². The molecule has 3 fully saturated rings. The summed E-state index contributed by atoms with van der Waals surface area (Å²) in [6.07, 6.45) is -8.97. The topological polar surface area (TPSA) is 214 Å². The van der Waals surface area contributed by atoms with Gasteiger partial charge in [-0.25, -0.2) is 0 Å². The summed E-state index contributed by atoms with van der Waals surface area (Å²) < 4.78 is 49.8. The number of ether oxygens (including phenoxy) is 8. The molecule has 3 saturated heterocycles. The van der Waals surface area contributed by atoms with Crippen LogP contribution < -0.4 is 4.74 Å². The predicted octanol–water partition coefficient (Wildman–Crippen LogP) is 4.63. The Labute approximate surface area is 386 Å². The lowest BCUT2D eigenvalue weighted by atomic mass is 9.73. The number of para-hydroxylation sites is 1. The quantitative estimate of drug-likeness (QED) is 0.114. The minimum Gasteiger partial charge on any atom is -0.493 e. The van der Waals surface area contributed by atoms with Crippen LogP contribution in [0.1, 0.15) is 108 Å². The lowest BCUT2D eigenvalue weighted by molar-refractivity contribution is -0.318. The molecule has 2 unspecified atom stereocenters. The molecule has 4 rings (SSSR count). The second-order valence-corrected chi connectivity index (χ2v) is 19.5. The van der Waals surface area contributed by atoms with Crippen LogP contribution in [0.4, 0.5) is 0 Å². The maximum atomic E-state index is 14.5. The van der Waals surface area contributed by atoms with E-state index in [4.69, 9.17) is 42.7 Å². The molecule has 17 nitrogen and oxygen atoms in total. The van der Waals surface area contributed by atoms with Crippen LogP contribution >= 0.6 is 0 Å². The largest absolute Gasteiger partial charge is 0.493 e. The van der Waals surface area contributed by atoms with E-state index in [1.165, 1.54) is 21.0 Å². The lowest BCUT2D eigenvalue weighted by Gasteiger charge is -2.49. The monoisotopic (exact) mass is 925 g/mol. The van der Waals surface area contributed by atoms with Gasteiger partial charge < -0.3 is 68.1 Å². The van der Waals surface area contributed by atoms with Crippen molar-refractivity contribution in [2.75, 3.05) is 34.4 Å². The molecule has 1 aromatic rings. The SMILES string of the molecule is CC[C@@H]1OC(=O)[C@H](C)[C@@H](OC2C[C@@](C)(OC)[C@@H](OC(C)=O)[C@H](C)O2)[C@H](C)[C@@H](O[C@@H]2O[C@H](C)C[C@H](N(C)C)[C@H]2O)C(C)(O)C[C@@H](C)/C(=N\OCCCOc2ccccc2)[C@@H](C)[C@@H](O)[C@]1(C)O. The van der Waals surface area contributed by atoms with Crippen molar-refractivity contribution in [3.8, 4) is 5.75 Å². The van der Waals surface area contributed by atoms with Crippen molar-refractivity contribution >= 4 is 17.7 Å². The molecule has 3 heterocycles. The van der Waals surface area contributed by atoms with Gasteiger partial charge in [-0.3, -0.25) is 9.59 Å². The van der Waals surface area contributed by atoms with E-state index < -0.39 is 108 Å². The van der Waals surface area contributed by atoms with Crippen molar-refractivity contribution in [1.82, 2.24) is 4.90 Å². The molecule has 0 bridgehead atoms. The number of aliphatic hydroxyl groups excluding tert-OH is 2. The second kappa shape index (κ2) is 23.4. The summed E-state index contributed by atoms with van der Waals surface area (Å²) in [5.74, 6) is -3.96. The van der Waals surface area contributed by atoms with E-state index in [1.54, 1.807) is 48.5 Å². The Morgan fingerprint density at radius 1 is 0.923 bits per heavy atom. The number of rotatable bonds is 14. The smallest absolute Gasteiger partial charge is 0.311 e. The molecule has 1 aromatic carbocycles. The number of hydrogen-bond donors (Lipinski definition) is 4. The highest BCUT2D eigenvalue weighted by molar-refractivity contribution is 5.88. The Kier molecular flexibility index (Phi) is 19.6. The first-order chi connectivity index (χ1) is 30.4. The molecule has 17 heteroatoms. The number of hydrogen-bond acceptors (Lipinski definition) is 17. The molecule has 0 spiro atoms. The third-order valence-corrected chi connectivity index (χ3v) is 13.7. The van der Waals surface area contributed by atoms with Gasteiger partial charge in [0.1, 0.15) is 35.8 Å². The Balaban J connectivity index is 1.81. The summed E-state index contributed by atoms with van der Waals surface area (Å²) in [6.45, 7) is 19.0. The molecule has 0 aliphatic carbocycles. The number of esters is 2. The van der Waals surface area contributed by atoms with E-state index in [0.29, 0.717) is 25.2 Å². The van der Waals surface area contributed by atoms with Gasteiger partial charge >= 0.3 is 11.9 Å². The fourth-order valence-corrected chi connectivity index (χ4v) is 9.93. The van der Waals surface area contributed by atoms with Crippen molar-refractivity contribution in [1.29, 1.82) is 0 Å². The number of aliphatic hydroxyl groups is 4. The zero-order valence-corrected chi connectivity index (χ0v) is 41.2. The van der Waals surface area contributed by atoms with Gasteiger partial charge in [-0.2, -0.15) is 0 Å². The molecule has 372 valence electrons. The van der Waals surface area contributed by atoms with E-state index >= 15 is 0 Å². The molecule has 3 aliphatic heterocycles. The molecule has 0 aromatic heterocycles. The third kappa shape index (κ3) is 13.6. The number of oxime groups is 1. The first-order valence-corrected chi connectivity index (χ1v) is 23.3. The van der Waals surface area contributed by atoms with Gasteiger partial charge in [-0.05, 0) is 87.0 Å². The first-order valence-electron chi connectivity index (χ1n) is 23.3. The summed E-state index contributed by atoms with van der Waals surface area (Å²) in [7, 11) is 5.23. The maximum absolute atomic E-state index is 14.5. The second-order valence-electron chi connectivity index (χ2n) is 19.5. The van der Waals surface area contributed by atoms with Crippen molar-refractivity contribution in [2.45, 2.75) is 193 Å². The van der Waals surface area contributed by atoms with Crippen molar-refractivity contribution in [2.24, 2.45) is 28.8 Å². The number of benzene rings is 1. The Bertz CT molecular complexity index is 1680. The van der Waals surface area contributed by atoms with E-state index in [-0.39, 0.29) is 38.0 Å². The molecule has 0 radical (unpaired) electrons. The summed E-state index contributed by atoms with van der Waals surface area (Å²) >= 11 is 0. The van der Waals surface area contributed by atoms with E-state index in [9.17, 15) is 30.0 Å². The maximum Gasteiger partial charge on any atom is 0.311 e. The minimum atomic E-state index is -1.98. The van der Waals surface area contributed by atoms with Crippen LogP contribution in [0.2, 0.25) is 0 Å². The zero-order valence-electron chi connectivity index (χ0n) is 41.2. The highest BCUT2D eigenvalue weighted by Gasteiger charge is 2.54. The normalized spacial score (nSPS) is 41.9. The van der Waals surface area contributed by atoms with Crippen LogP contribution in [0.5, 0.6) is 5.75 Å². The Morgan fingerprint density at radius 2 is 1.58 bits per heavy atom. The number of likely N-dealkylation sites (N-methyl/N-ethyl adjacent to an activating group) is 1. The van der Waals surface area contributed by atoms with Crippen LogP contribution in [0.25, 0.3) is 0 Å². The van der Waals surface area contributed by atoms with Gasteiger partial charge in [0.15, 0.2) is 18.7 Å². The van der Waals surface area contributed by atoms with Gasteiger partial charge in [0, 0.05) is 50.7 Å². The van der Waals surface area contributed by atoms with Crippen LogP contribution in [-0.4, -0.2) is 162 Å². The summed E-state index contributed by atoms with van der Waals surface area (Å²) in [6, 6.07) is 9.05. The van der Waals surface area contributed by atoms with Gasteiger partial charge in [-0.15, -0.1) is 0 Å². The van der Waals surface area contributed by atoms with Crippen molar-refractivity contribution in [3.05, 3.63) is 30.3 Å². The van der Waals surface area contributed by atoms with Crippen LogP contribution in [-0.2, 0) is 47.6 Å². The lowest BCUT2D eigenvalue weighted by Crippen LogP contribution is -2.61. The number of nitrogens with zero attached hydrogens (tertiary/aromatic N) is 2. The standard InChI is InChI=1S/C48H80N2O15/c1-15-36-48(11,56)41(53)29(4)38(49-59-23-19-22-58-34-20-17-16-18-21-34)27(2)25-46(9,55)42(65-45-39(52)35(50(12)13)24-28(3)60-45)30(5)40(31(6)44(54)63-36)64-37-26-47(10,57-14)43(32(7)61-37)62-33(8)51/h16-18,20-21,27-32,35-37,39-43,45,52-53,55-56H,15,19,22-26H2,1-14H3/b49-38+/t27-,28-,29-,30+,31-,32+,35+,36+,37?,39-,40+,41-,42-,43+,45+,46?,47-,48-/m1/s1. The molecular formula is C48H80N2O15. The third-order valence-electron chi connectivity index (χ3n) is 13.7. The number of cyclic esters (lactones) is 1. The van der Waals surface area contributed by atoms with Crippen LogP contribution in [0.3, 0.4) is 0 Å². The molecule has 4 N–H and O–H groups in total. The molecule has 0 saturated carbocycles. The summed E-state index contributed by atoms with van der Waals surface area (Å²) in [5, 5.41) is 53.3.